The molecule has 0 unspecified atom stereocenters. The molecular weight excluding hydrogens is 433 g/mol. The van der Waals surface area contributed by atoms with Crippen LogP contribution in [-0.4, -0.2) is 0 Å². The third-order valence-electron chi connectivity index (χ3n) is 4.95. The van der Waals surface area contributed by atoms with E-state index >= 15 is 0 Å². The van der Waals surface area contributed by atoms with E-state index in [0.29, 0.717) is 5.92 Å². The van der Waals surface area contributed by atoms with Crippen LogP contribution in [0.1, 0.15) is 37.8 Å². The second-order valence-electron chi connectivity index (χ2n) is 6.90. The van der Waals surface area contributed by atoms with Crippen molar-refractivity contribution in [2.45, 2.75) is 33.1 Å². The van der Waals surface area contributed by atoms with Gasteiger partial charge in [-0.3, -0.25) is 3.11 Å². The number of rotatable bonds is 4. The Hall–Kier alpha value is -2.01. The SMILES string of the molecule is CCc1cccc2c1oc1c(N(I)c3ccccc3C(C)C)cccc12. The predicted octanol–water partition coefficient (Wildman–Crippen LogP) is 7.76. The number of hydrogen-bond acceptors (Lipinski definition) is 2. The molecule has 132 valence electrons. The number of nitrogens with zero attached hydrogens (tertiary/aromatic N) is 1. The van der Waals surface area contributed by atoms with Crippen molar-refractivity contribution in [3.8, 4) is 0 Å². The highest BCUT2D eigenvalue weighted by molar-refractivity contribution is 14.1. The highest BCUT2D eigenvalue weighted by Crippen LogP contribution is 2.42. The Morgan fingerprint density at radius 3 is 2.23 bits per heavy atom. The van der Waals surface area contributed by atoms with Gasteiger partial charge in [-0.2, -0.15) is 0 Å². The first kappa shape index (κ1) is 17.4. The number of benzene rings is 3. The summed E-state index contributed by atoms with van der Waals surface area (Å²) in [4.78, 5) is 0. The second kappa shape index (κ2) is 6.95. The lowest BCUT2D eigenvalue weighted by atomic mass is 10.0. The number of para-hydroxylation sites is 3. The van der Waals surface area contributed by atoms with Gasteiger partial charge in [0.05, 0.1) is 34.2 Å². The zero-order chi connectivity index (χ0) is 18.3. The van der Waals surface area contributed by atoms with Gasteiger partial charge in [0.1, 0.15) is 5.58 Å². The predicted molar refractivity (Wildman–Crippen MR) is 120 cm³/mol. The maximum Gasteiger partial charge on any atom is 0.159 e. The zero-order valence-corrected chi connectivity index (χ0v) is 17.4. The minimum absolute atomic E-state index is 0.463. The van der Waals surface area contributed by atoms with Crippen LogP contribution in [-0.2, 0) is 6.42 Å². The van der Waals surface area contributed by atoms with Gasteiger partial charge in [-0.25, -0.2) is 0 Å². The summed E-state index contributed by atoms with van der Waals surface area (Å²) in [6.45, 7) is 6.64. The molecule has 3 aromatic carbocycles. The number of aryl methyl sites for hydroxylation is 1. The van der Waals surface area contributed by atoms with E-state index in [1.54, 1.807) is 0 Å². The summed E-state index contributed by atoms with van der Waals surface area (Å²) in [5.41, 5.74) is 6.87. The van der Waals surface area contributed by atoms with Crippen molar-refractivity contribution in [2.75, 3.05) is 3.11 Å². The highest BCUT2D eigenvalue weighted by Gasteiger charge is 2.19. The largest absolute Gasteiger partial charge is 0.454 e. The van der Waals surface area contributed by atoms with E-state index in [0.717, 1.165) is 23.3 Å². The molecule has 4 rings (SSSR count). The number of halogens is 1. The average molecular weight is 455 g/mol. The van der Waals surface area contributed by atoms with Gasteiger partial charge in [0.25, 0.3) is 0 Å². The first-order valence-corrected chi connectivity index (χ1v) is 10.1. The molecule has 0 aliphatic heterocycles. The zero-order valence-electron chi connectivity index (χ0n) is 15.3. The summed E-state index contributed by atoms with van der Waals surface area (Å²) in [6.07, 6.45) is 0.969. The number of hydrogen-bond donors (Lipinski definition) is 0. The lowest BCUT2D eigenvalue weighted by Crippen LogP contribution is -2.05. The monoisotopic (exact) mass is 455 g/mol. The summed E-state index contributed by atoms with van der Waals surface area (Å²) in [5.74, 6) is 0.463. The number of furan rings is 1. The van der Waals surface area contributed by atoms with Gasteiger partial charge in [0.2, 0.25) is 0 Å². The maximum atomic E-state index is 6.40. The van der Waals surface area contributed by atoms with E-state index in [1.807, 2.05) is 0 Å². The van der Waals surface area contributed by atoms with Crippen molar-refractivity contribution < 1.29 is 4.42 Å². The minimum atomic E-state index is 0.463. The average Bonchev–Trinajstić information content (AvgIpc) is 3.06. The summed E-state index contributed by atoms with van der Waals surface area (Å²) < 4.78 is 8.63. The van der Waals surface area contributed by atoms with Gasteiger partial charge in [-0.05, 0) is 35.6 Å². The summed E-state index contributed by atoms with van der Waals surface area (Å²) >= 11 is 2.40. The summed E-state index contributed by atoms with van der Waals surface area (Å²) in [6, 6.07) is 21.4. The van der Waals surface area contributed by atoms with Crippen molar-refractivity contribution >= 4 is 56.2 Å². The summed E-state index contributed by atoms with van der Waals surface area (Å²) in [5, 5.41) is 2.37. The van der Waals surface area contributed by atoms with Crippen molar-refractivity contribution in [1.29, 1.82) is 0 Å². The Morgan fingerprint density at radius 2 is 1.50 bits per heavy atom. The molecule has 0 fully saturated rings. The normalized spacial score (nSPS) is 11.6. The third-order valence-corrected chi connectivity index (χ3v) is 5.99. The molecule has 0 bridgehead atoms. The first-order valence-electron chi connectivity index (χ1n) is 9.09. The van der Waals surface area contributed by atoms with Crippen LogP contribution in [0, 0.1) is 0 Å². The van der Waals surface area contributed by atoms with Crippen LogP contribution >= 0.6 is 22.9 Å². The van der Waals surface area contributed by atoms with Crippen LogP contribution < -0.4 is 3.11 Å². The lowest BCUT2D eigenvalue weighted by molar-refractivity contribution is 0.664. The van der Waals surface area contributed by atoms with Gasteiger partial charge < -0.3 is 4.42 Å². The lowest BCUT2D eigenvalue weighted by Gasteiger charge is -2.22. The van der Waals surface area contributed by atoms with Crippen LogP contribution in [0.15, 0.2) is 65.1 Å². The second-order valence-corrected chi connectivity index (χ2v) is 7.86. The van der Waals surface area contributed by atoms with Gasteiger partial charge in [0, 0.05) is 10.8 Å². The summed E-state index contributed by atoms with van der Waals surface area (Å²) in [7, 11) is 0. The van der Waals surface area contributed by atoms with Gasteiger partial charge in [-0.1, -0.05) is 69.3 Å². The van der Waals surface area contributed by atoms with Crippen LogP contribution in [0.2, 0.25) is 0 Å². The van der Waals surface area contributed by atoms with E-state index in [9.17, 15) is 0 Å². The van der Waals surface area contributed by atoms with Crippen molar-refractivity contribution in [3.05, 3.63) is 71.8 Å². The van der Waals surface area contributed by atoms with Crippen molar-refractivity contribution in [3.63, 3.8) is 0 Å². The molecule has 0 radical (unpaired) electrons. The quantitative estimate of drug-likeness (QED) is 0.231. The van der Waals surface area contributed by atoms with Crippen molar-refractivity contribution in [2.24, 2.45) is 0 Å². The fourth-order valence-electron chi connectivity index (χ4n) is 3.58. The maximum absolute atomic E-state index is 6.40. The van der Waals surface area contributed by atoms with E-state index in [-0.39, 0.29) is 0 Å². The molecule has 0 aliphatic carbocycles. The van der Waals surface area contributed by atoms with Crippen LogP contribution in [0.3, 0.4) is 0 Å². The molecule has 0 spiro atoms. The number of anilines is 2. The molecule has 2 nitrogen and oxygen atoms in total. The fourth-order valence-corrected chi connectivity index (χ4v) is 4.40. The Bertz CT molecular complexity index is 1080. The topological polar surface area (TPSA) is 16.4 Å². The Kier molecular flexibility index (Phi) is 4.65. The van der Waals surface area contributed by atoms with Gasteiger partial charge >= 0.3 is 0 Å². The Labute approximate surface area is 168 Å². The highest BCUT2D eigenvalue weighted by atomic mass is 127. The molecule has 0 saturated heterocycles. The molecule has 4 aromatic rings. The van der Waals surface area contributed by atoms with Gasteiger partial charge in [0.15, 0.2) is 5.58 Å². The molecule has 1 heterocycles. The van der Waals surface area contributed by atoms with E-state index in [2.05, 4.69) is 107 Å². The Balaban J connectivity index is 1.95. The molecule has 26 heavy (non-hydrogen) atoms. The van der Waals surface area contributed by atoms with Crippen LogP contribution in [0.25, 0.3) is 21.9 Å². The van der Waals surface area contributed by atoms with E-state index in [4.69, 9.17) is 4.42 Å². The van der Waals surface area contributed by atoms with Crippen LogP contribution in [0.4, 0.5) is 11.4 Å². The smallest absolute Gasteiger partial charge is 0.159 e. The minimum Gasteiger partial charge on any atom is -0.454 e. The van der Waals surface area contributed by atoms with E-state index < -0.39 is 0 Å². The van der Waals surface area contributed by atoms with Crippen LogP contribution in [0.5, 0.6) is 0 Å². The molecule has 0 amide bonds. The standard InChI is InChI=1S/C23H22INO/c1-4-16-9-7-11-18-19-12-8-14-21(23(19)26-22(16)18)25(24)20-13-6-5-10-17(20)15(2)3/h5-15H,4H2,1-3H3. The third kappa shape index (κ3) is 2.78. The number of fused-ring (bicyclic) bond motifs is 3. The Morgan fingerprint density at radius 1 is 0.846 bits per heavy atom. The molecule has 0 saturated carbocycles. The molecule has 3 heteroatoms. The molecule has 1 aromatic heterocycles. The molecular formula is C23H22INO. The van der Waals surface area contributed by atoms with Crippen molar-refractivity contribution in [1.82, 2.24) is 0 Å². The molecule has 0 atom stereocenters. The van der Waals surface area contributed by atoms with E-state index in [1.165, 1.54) is 27.6 Å². The van der Waals surface area contributed by atoms with Gasteiger partial charge in [-0.15, -0.1) is 0 Å². The molecule has 0 N–H and O–H groups in total. The molecule has 0 aliphatic rings. The fraction of sp³-hybridized carbons (Fsp3) is 0.217. The first-order chi connectivity index (χ1) is 12.6.